The van der Waals surface area contributed by atoms with Crippen molar-refractivity contribution in [3.63, 3.8) is 0 Å². The molecule has 7 aromatic rings. The molecule has 10 rings (SSSR count). The predicted molar refractivity (Wildman–Crippen MR) is 264 cm³/mol. The zero-order valence-electron chi connectivity index (χ0n) is 39.9. The third-order valence-corrected chi connectivity index (χ3v) is 19.3. The van der Waals surface area contributed by atoms with Crippen molar-refractivity contribution in [2.24, 2.45) is 0 Å². The molecule has 0 bridgehead atoms. The molecule has 2 fully saturated rings. The van der Waals surface area contributed by atoms with Crippen molar-refractivity contribution in [1.82, 2.24) is 34.5 Å². The highest BCUT2D eigenvalue weighted by molar-refractivity contribution is 7.00. The zero-order valence-corrected chi connectivity index (χ0v) is 40.9. The second-order valence-corrected chi connectivity index (χ2v) is 24.2. The van der Waals surface area contributed by atoms with E-state index >= 15 is 8.78 Å². The van der Waals surface area contributed by atoms with Gasteiger partial charge in [0.25, 0.3) is 0 Å². The van der Waals surface area contributed by atoms with E-state index < -0.39 is 36.7 Å². The molecule has 0 unspecified atom stereocenters. The van der Waals surface area contributed by atoms with Crippen LogP contribution in [0, 0.1) is 11.6 Å². The van der Waals surface area contributed by atoms with Crippen molar-refractivity contribution in [3.05, 3.63) is 120 Å². The molecule has 2 saturated heterocycles. The Morgan fingerprint density at radius 3 is 2.38 bits per heavy atom. The lowest BCUT2D eigenvalue weighted by Gasteiger charge is -2.43. The Morgan fingerprint density at radius 1 is 0.971 bits per heavy atom. The van der Waals surface area contributed by atoms with Crippen LogP contribution in [0.2, 0.25) is 5.04 Å². The van der Waals surface area contributed by atoms with Crippen molar-refractivity contribution >= 4 is 52.2 Å². The van der Waals surface area contributed by atoms with Gasteiger partial charge in [0.2, 0.25) is 5.88 Å². The maximum Gasteiger partial charge on any atom is 0.347 e. The molecule has 3 aliphatic heterocycles. The maximum atomic E-state index is 17.7. The molecule has 12 nitrogen and oxygen atoms in total. The van der Waals surface area contributed by atoms with Crippen molar-refractivity contribution in [2.45, 2.75) is 89.5 Å². The largest absolute Gasteiger partial charge is 0.521 e. The van der Waals surface area contributed by atoms with Gasteiger partial charge in [0.1, 0.15) is 41.4 Å². The van der Waals surface area contributed by atoms with Crippen LogP contribution in [0.3, 0.4) is 0 Å². The third-order valence-electron chi connectivity index (χ3n) is 14.4. The summed E-state index contributed by atoms with van der Waals surface area (Å²) in [5.41, 5.74) is 1.20. The van der Waals surface area contributed by atoms with Crippen LogP contribution >= 0.6 is 0 Å². The molecule has 4 aromatic carbocycles. The lowest BCUT2D eigenvalue weighted by molar-refractivity contribution is 0.107. The highest BCUT2D eigenvalue weighted by Gasteiger charge is 2.54. The number of pyridine rings is 1. The van der Waals surface area contributed by atoms with Crippen LogP contribution in [0.25, 0.3) is 32.9 Å². The molecule has 16 heteroatoms. The number of ether oxygens (including phenoxy) is 1. The third kappa shape index (κ3) is 7.94. The highest BCUT2D eigenvalue weighted by Crippen LogP contribution is 2.44. The Hall–Kier alpha value is -6.52. The van der Waals surface area contributed by atoms with Gasteiger partial charge in [-0.05, 0) is 88.6 Å². The summed E-state index contributed by atoms with van der Waals surface area (Å²) in [5.74, 6) is -0.729. The first-order valence-electron chi connectivity index (χ1n) is 23.8. The van der Waals surface area contributed by atoms with E-state index in [-0.39, 0.29) is 53.1 Å². The molecule has 0 spiro atoms. The molecule has 0 aliphatic carbocycles. The lowest BCUT2D eigenvalue weighted by atomic mass is 9.94. The number of alkyl halides is 1. The Labute approximate surface area is 400 Å². The van der Waals surface area contributed by atoms with E-state index in [4.69, 9.17) is 29.2 Å². The van der Waals surface area contributed by atoms with E-state index in [2.05, 4.69) is 49.9 Å². The molecule has 0 saturated carbocycles. The van der Waals surface area contributed by atoms with E-state index in [1.54, 1.807) is 20.2 Å². The number of anilines is 1. The fourth-order valence-electron chi connectivity index (χ4n) is 11.1. The fraction of sp³-hybridized carbons (Fsp3) is 0.377. The van der Waals surface area contributed by atoms with Crippen molar-refractivity contribution in [1.29, 1.82) is 0 Å². The number of rotatable bonds is 10. The normalized spacial score (nSPS) is 18.6. The topological polar surface area (TPSA) is 122 Å². The van der Waals surface area contributed by atoms with Gasteiger partial charge in [-0.1, -0.05) is 94.4 Å². The average Bonchev–Trinajstić information content (AvgIpc) is 3.92. The molecule has 6 heterocycles. The van der Waals surface area contributed by atoms with Gasteiger partial charge in [-0.3, -0.25) is 9.88 Å². The van der Waals surface area contributed by atoms with Crippen molar-refractivity contribution in [3.8, 4) is 28.9 Å². The number of halogens is 3. The summed E-state index contributed by atoms with van der Waals surface area (Å²) < 4.78 is 63.7. The minimum Gasteiger partial charge on any atom is -0.521 e. The van der Waals surface area contributed by atoms with Crippen LogP contribution in [0.5, 0.6) is 17.6 Å². The second kappa shape index (κ2) is 17.8. The summed E-state index contributed by atoms with van der Waals surface area (Å²) in [6, 6.07) is 25.7. The number of hydrogen-bond donors (Lipinski definition) is 1. The molecule has 2 atom stereocenters. The number of nitrogens with zero attached hydrogens (tertiary/aromatic N) is 8. The number of aromatic nitrogens is 5. The van der Waals surface area contributed by atoms with E-state index in [0.717, 1.165) is 29.8 Å². The summed E-state index contributed by atoms with van der Waals surface area (Å²) in [6.45, 7) is 10.1. The Morgan fingerprint density at radius 2 is 1.70 bits per heavy atom. The van der Waals surface area contributed by atoms with Crippen LogP contribution in [-0.4, -0.2) is 106 Å². The number of aryl methyl sites for hydroxylation is 2. The number of carbonyl (C=O) groups excluding carboxylic acids is 1. The molecule has 358 valence electrons. The van der Waals surface area contributed by atoms with Gasteiger partial charge < -0.3 is 24.1 Å². The van der Waals surface area contributed by atoms with Crippen LogP contribution in [0.4, 0.5) is 23.8 Å². The van der Waals surface area contributed by atoms with E-state index in [1.165, 1.54) is 34.0 Å². The van der Waals surface area contributed by atoms with Gasteiger partial charge in [-0.2, -0.15) is 15.1 Å². The summed E-state index contributed by atoms with van der Waals surface area (Å²) >= 11 is 0. The van der Waals surface area contributed by atoms with E-state index in [9.17, 15) is 14.3 Å². The number of phenolic OH excluding ortho intramolecular Hbond substituents is 1. The Balaban J connectivity index is 1.15. The maximum absolute atomic E-state index is 17.7. The number of carbonyl (C=O) groups is 1. The smallest absolute Gasteiger partial charge is 0.347 e. The lowest BCUT2D eigenvalue weighted by Crippen LogP contribution is -2.69. The first-order valence-corrected chi connectivity index (χ1v) is 25.7. The van der Waals surface area contributed by atoms with Crippen molar-refractivity contribution in [2.75, 3.05) is 45.2 Å². The number of fused-ring (bicyclic) bond motifs is 4. The Kier molecular flexibility index (Phi) is 11.9. The standard InChI is InChI=1S/C53H57F3N8O4Si/c1-7-38-42(55)22-21-33-26-35(65)27-39(44(33)38)46-45(56)47-40(29-57-46)48(59-50(58-47)67-32-53-23-15-25-63(53)30-34(54)28-53)62-24-14-20-43-41(31-62)49(64(60-43)51(66)61(5)6)68-69(52(2,3)4,36-16-10-8-11-17-36)37-18-12-9-13-19-37/h8-13,16-19,21-22,26-27,29,34,65H,7,14-15,20,23-25,28,30-32H2,1-6H3/t34-,53+/m1/s1. The average molecular weight is 955 g/mol. The zero-order chi connectivity index (χ0) is 48.4. The van der Waals surface area contributed by atoms with E-state index in [0.29, 0.717) is 78.1 Å². The van der Waals surface area contributed by atoms with Crippen molar-refractivity contribution < 1.29 is 32.2 Å². The number of amides is 1. The quantitative estimate of drug-likeness (QED) is 0.133. The first-order chi connectivity index (χ1) is 33.1. The van der Waals surface area contributed by atoms with Gasteiger partial charge in [-0.15, -0.1) is 4.68 Å². The van der Waals surface area contributed by atoms with E-state index in [1.807, 2.05) is 48.2 Å². The monoisotopic (exact) mass is 954 g/mol. The minimum absolute atomic E-state index is 0.0896. The number of aromatic hydroxyl groups is 1. The molecule has 0 radical (unpaired) electrons. The molecule has 3 aromatic heterocycles. The van der Waals surface area contributed by atoms with Crippen LogP contribution in [-0.2, 0) is 19.4 Å². The summed E-state index contributed by atoms with van der Waals surface area (Å²) in [5, 5.41) is 18.7. The first kappa shape index (κ1) is 46.2. The minimum atomic E-state index is -3.34. The molecule has 1 amide bonds. The summed E-state index contributed by atoms with van der Waals surface area (Å²) in [6.07, 6.45) is 3.89. The number of hydrogen-bond acceptors (Lipinski definition) is 10. The summed E-state index contributed by atoms with van der Waals surface area (Å²) in [4.78, 5) is 34.4. The highest BCUT2D eigenvalue weighted by atomic mass is 28.4. The van der Waals surface area contributed by atoms with Gasteiger partial charge in [0.15, 0.2) is 5.82 Å². The van der Waals surface area contributed by atoms with Crippen LogP contribution < -0.4 is 24.4 Å². The molecular weight excluding hydrogens is 898 g/mol. The Bertz CT molecular complexity index is 3060. The molecule has 1 N–H and O–H groups in total. The van der Waals surface area contributed by atoms with Crippen LogP contribution in [0.15, 0.2) is 91.1 Å². The number of phenols is 1. The summed E-state index contributed by atoms with van der Waals surface area (Å²) in [7, 11) is 0.0205. The predicted octanol–water partition coefficient (Wildman–Crippen LogP) is 8.96. The molecule has 69 heavy (non-hydrogen) atoms. The van der Waals surface area contributed by atoms with Gasteiger partial charge in [0, 0.05) is 45.4 Å². The SMILES string of the molecule is CCc1c(F)ccc2cc(O)cc(-c3ncc4c(N5CCCc6nn(C(=O)N(C)C)c(O[Si](c7ccccc7)(c7ccccc7)C(C)(C)C)c6C5)nc(OC[C@@]56CCCN5C[C@H](F)C6)nc4c3F)c12. The number of benzene rings is 4. The van der Waals surface area contributed by atoms with Crippen LogP contribution in [0.1, 0.15) is 70.2 Å². The van der Waals surface area contributed by atoms with Gasteiger partial charge in [0.05, 0.1) is 28.7 Å². The fourth-order valence-corrected chi connectivity index (χ4v) is 15.6. The van der Waals surface area contributed by atoms with Gasteiger partial charge in [-0.25, -0.2) is 18.0 Å². The molecule has 3 aliphatic rings. The molecular formula is C53H57F3N8O4Si. The van der Waals surface area contributed by atoms with Gasteiger partial charge >= 0.3 is 20.4 Å². The second-order valence-electron chi connectivity index (χ2n) is 20.0.